The van der Waals surface area contributed by atoms with E-state index in [0.717, 1.165) is 65.2 Å². The maximum Gasteiger partial charge on any atom is 0.220 e. The molecule has 0 atom stereocenters. The lowest BCUT2D eigenvalue weighted by atomic mass is 10.0. The average Bonchev–Trinajstić information content (AvgIpc) is 3.53. The van der Waals surface area contributed by atoms with Gasteiger partial charge in [0.25, 0.3) is 0 Å². The molecule has 1 aliphatic rings. The van der Waals surface area contributed by atoms with Crippen molar-refractivity contribution in [2.24, 2.45) is 0 Å². The number of hydrogen-bond acceptors (Lipinski definition) is 6. The fourth-order valence-corrected chi connectivity index (χ4v) is 4.01. The number of allylic oxidation sites excluding steroid dienone is 1. The molecule has 0 aliphatic heterocycles. The second-order valence-corrected chi connectivity index (χ2v) is 8.35. The molecule has 32 heavy (non-hydrogen) atoms. The molecule has 4 heterocycles. The summed E-state index contributed by atoms with van der Waals surface area (Å²) in [7, 11) is 0. The van der Waals surface area contributed by atoms with Gasteiger partial charge >= 0.3 is 0 Å². The summed E-state index contributed by atoms with van der Waals surface area (Å²) in [5.41, 5.74) is 13.2. The van der Waals surface area contributed by atoms with Gasteiger partial charge in [0.1, 0.15) is 0 Å². The normalized spacial score (nSPS) is 12.9. The van der Waals surface area contributed by atoms with E-state index in [1.54, 1.807) is 6.20 Å². The third-order valence-corrected chi connectivity index (χ3v) is 5.70. The van der Waals surface area contributed by atoms with Gasteiger partial charge in [-0.2, -0.15) is 5.10 Å². The lowest BCUT2D eigenvalue weighted by molar-refractivity contribution is 0.532. The molecule has 0 bridgehead atoms. The second kappa shape index (κ2) is 8.37. The van der Waals surface area contributed by atoms with E-state index in [1.807, 2.05) is 29.6 Å². The molecule has 1 aliphatic carbocycles. The molecule has 2 N–H and O–H groups in total. The summed E-state index contributed by atoms with van der Waals surface area (Å²) in [5.74, 6) is 0.303. The van der Waals surface area contributed by atoms with Gasteiger partial charge in [0.2, 0.25) is 5.95 Å². The van der Waals surface area contributed by atoms with Crippen molar-refractivity contribution in [1.29, 1.82) is 0 Å². The smallest absolute Gasteiger partial charge is 0.220 e. The van der Waals surface area contributed by atoms with Gasteiger partial charge in [-0.05, 0) is 38.8 Å². The number of pyridine rings is 1. The first-order valence-electron chi connectivity index (χ1n) is 10.9. The molecule has 5 rings (SSSR count). The highest BCUT2D eigenvalue weighted by Gasteiger charge is 2.20. The molecule has 0 spiro atoms. The van der Waals surface area contributed by atoms with Gasteiger partial charge in [-0.3, -0.25) is 9.67 Å². The number of nitrogens with zero attached hydrogens (tertiary/aromatic N) is 7. The van der Waals surface area contributed by atoms with Crippen molar-refractivity contribution in [2.45, 2.75) is 45.7 Å². The Morgan fingerprint density at radius 1 is 1.12 bits per heavy atom. The molecule has 4 aromatic heterocycles. The molecule has 0 saturated carbocycles. The average molecular weight is 427 g/mol. The predicted octanol–water partition coefficient (Wildman–Crippen LogP) is 3.72. The van der Waals surface area contributed by atoms with Gasteiger partial charge in [0.15, 0.2) is 0 Å². The number of aromatic nitrogens is 7. The van der Waals surface area contributed by atoms with E-state index < -0.39 is 0 Å². The number of aryl methyl sites for hydroxylation is 2. The fraction of sp³-hybridized carbons (Fsp3) is 0.292. The summed E-state index contributed by atoms with van der Waals surface area (Å²) < 4.78 is 4.02. The zero-order chi connectivity index (χ0) is 22.1. The zero-order valence-electron chi connectivity index (χ0n) is 18.3. The number of nitrogens with two attached hydrogens (primary N) is 1. The van der Waals surface area contributed by atoms with Crippen LogP contribution < -0.4 is 5.73 Å². The predicted molar refractivity (Wildman–Crippen MR) is 124 cm³/mol. The topological polar surface area (TPSA) is 100 Å². The maximum absolute atomic E-state index is 6.07. The largest absolute Gasteiger partial charge is 0.368 e. The van der Waals surface area contributed by atoms with Crippen molar-refractivity contribution >= 4 is 11.5 Å². The summed E-state index contributed by atoms with van der Waals surface area (Å²) >= 11 is 0. The highest BCUT2D eigenvalue weighted by atomic mass is 15.3. The van der Waals surface area contributed by atoms with Crippen LogP contribution in [0, 0.1) is 0 Å². The van der Waals surface area contributed by atoms with E-state index in [1.165, 1.54) is 0 Å². The monoisotopic (exact) mass is 426 g/mol. The number of anilines is 1. The van der Waals surface area contributed by atoms with Crippen molar-refractivity contribution < 1.29 is 0 Å². The Morgan fingerprint density at radius 3 is 2.81 bits per heavy atom. The summed E-state index contributed by atoms with van der Waals surface area (Å²) in [6.45, 7) is 5.12. The fourth-order valence-electron chi connectivity index (χ4n) is 4.01. The van der Waals surface area contributed by atoms with Crippen LogP contribution in [0.15, 0.2) is 55.5 Å². The van der Waals surface area contributed by atoms with Crippen molar-refractivity contribution in [3.8, 4) is 11.1 Å². The van der Waals surface area contributed by atoms with E-state index in [-0.39, 0.29) is 0 Å². The first kappa shape index (κ1) is 20.1. The number of hydrogen-bond donors (Lipinski definition) is 1. The Labute approximate surface area is 186 Å². The minimum absolute atomic E-state index is 0.303. The van der Waals surface area contributed by atoms with Crippen LogP contribution in [0.3, 0.4) is 0 Å². The lowest BCUT2D eigenvalue weighted by Gasteiger charge is -2.10. The van der Waals surface area contributed by atoms with E-state index >= 15 is 0 Å². The molecule has 0 unspecified atom stereocenters. The van der Waals surface area contributed by atoms with Gasteiger partial charge < -0.3 is 10.3 Å². The Balaban J connectivity index is 1.40. The van der Waals surface area contributed by atoms with E-state index in [2.05, 4.69) is 62.9 Å². The van der Waals surface area contributed by atoms with Crippen LogP contribution in [0.1, 0.15) is 49.0 Å². The van der Waals surface area contributed by atoms with Gasteiger partial charge in [-0.1, -0.05) is 6.08 Å². The lowest BCUT2D eigenvalue weighted by Crippen LogP contribution is -2.05. The van der Waals surface area contributed by atoms with Crippen molar-refractivity contribution in [2.75, 3.05) is 5.73 Å². The molecule has 162 valence electrons. The van der Waals surface area contributed by atoms with Crippen molar-refractivity contribution in [3.63, 3.8) is 0 Å². The summed E-state index contributed by atoms with van der Waals surface area (Å²) in [6, 6.07) is 4.55. The third-order valence-electron chi connectivity index (χ3n) is 5.70. The number of nitrogen functional groups attached to an aromatic ring is 1. The standard InChI is InChI=1S/C24H26N8/c1-16(2)32-14-18(13-28-32)17-10-21-20(5-6-22(21)27-12-17)23-11-19(29-24(25)30-23)4-3-8-31-9-7-26-15-31/h5,7,9-16H,3-4,6,8H2,1-2H3,(H2,25,29,30). The van der Waals surface area contributed by atoms with Crippen LogP contribution in [-0.4, -0.2) is 34.3 Å². The van der Waals surface area contributed by atoms with Crippen LogP contribution in [0.5, 0.6) is 0 Å². The van der Waals surface area contributed by atoms with Crippen molar-refractivity contribution in [3.05, 3.63) is 78.2 Å². The SMILES string of the molecule is CC(C)n1cc(-c2cnc3c(c2)C(c2cc(CCCn4ccnc4)nc(N)n2)=CC3)cn1. The van der Waals surface area contributed by atoms with Gasteiger partial charge in [0, 0.05) is 71.8 Å². The first-order valence-corrected chi connectivity index (χ1v) is 10.9. The highest BCUT2D eigenvalue weighted by molar-refractivity contribution is 5.84. The molecular formula is C24H26N8. The van der Waals surface area contributed by atoms with Crippen molar-refractivity contribution in [1.82, 2.24) is 34.3 Å². The molecule has 0 amide bonds. The minimum atomic E-state index is 0.303. The molecule has 0 aromatic carbocycles. The number of fused-ring (bicyclic) bond motifs is 1. The Hall–Kier alpha value is -3.81. The zero-order valence-corrected chi connectivity index (χ0v) is 18.3. The number of imidazole rings is 1. The Kier molecular flexibility index (Phi) is 5.26. The van der Waals surface area contributed by atoms with E-state index in [9.17, 15) is 0 Å². The summed E-state index contributed by atoms with van der Waals surface area (Å²) in [5, 5.41) is 4.46. The van der Waals surface area contributed by atoms with E-state index in [0.29, 0.717) is 12.0 Å². The molecule has 8 heteroatoms. The van der Waals surface area contributed by atoms with E-state index in [4.69, 9.17) is 10.7 Å². The quantitative estimate of drug-likeness (QED) is 0.483. The van der Waals surface area contributed by atoms with Gasteiger partial charge in [0.05, 0.1) is 23.9 Å². The number of rotatable bonds is 7. The Bertz CT molecular complexity index is 1270. The molecular weight excluding hydrogens is 400 g/mol. The third kappa shape index (κ3) is 4.03. The summed E-state index contributed by atoms with van der Waals surface area (Å²) in [6.07, 6.45) is 16.2. The van der Waals surface area contributed by atoms with Crippen LogP contribution >= 0.6 is 0 Å². The minimum Gasteiger partial charge on any atom is -0.368 e. The molecule has 4 aromatic rings. The molecule has 0 fully saturated rings. The van der Waals surface area contributed by atoms with Crippen LogP contribution in [0.2, 0.25) is 0 Å². The maximum atomic E-state index is 6.07. The first-order chi connectivity index (χ1) is 15.6. The molecule has 0 radical (unpaired) electrons. The second-order valence-electron chi connectivity index (χ2n) is 8.35. The Morgan fingerprint density at radius 2 is 2.03 bits per heavy atom. The summed E-state index contributed by atoms with van der Waals surface area (Å²) in [4.78, 5) is 17.8. The van der Waals surface area contributed by atoms with Crippen LogP contribution in [0.25, 0.3) is 16.7 Å². The van der Waals surface area contributed by atoms with Crippen LogP contribution in [-0.2, 0) is 19.4 Å². The molecule has 8 nitrogen and oxygen atoms in total. The van der Waals surface area contributed by atoms with Gasteiger partial charge in [-0.25, -0.2) is 15.0 Å². The van der Waals surface area contributed by atoms with Gasteiger partial charge in [-0.15, -0.1) is 0 Å². The highest BCUT2D eigenvalue weighted by Crippen LogP contribution is 2.34. The van der Waals surface area contributed by atoms with Crippen LogP contribution in [0.4, 0.5) is 5.95 Å². The molecule has 0 saturated heterocycles.